The molecule has 0 radical (unpaired) electrons. The summed E-state index contributed by atoms with van der Waals surface area (Å²) in [4.78, 5) is 56.1. The predicted molar refractivity (Wildman–Crippen MR) is 188 cm³/mol. The first-order valence-electron chi connectivity index (χ1n) is 15.9. The van der Waals surface area contributed by atoms with Crippen LogP contribution in [-0.2, 0) is 23.9 Å². The van der Waals surface area contributed by atoms with E-state index in [4.69, 9.17) is 29.9 Å². The normalized spacial score (nSPS) is 18.1. The average molecular weight is 646 g/mol. The molecule has 0 aromatic carbocycles. The summed E-state index contributed by atoms with van der Waals surface area (Å²) in [6, 6.07) is 2.03. The molecule has 0 saturated carbocycles. The van der Waals surface area contributed by atoms with E-state index in [0.717, 1.165) is 67.9 Å². The van der Waals surface area contributed by atoms with E-state index in [1.165, 1.54) is 20.3 Å². The first kappa shape index (κ1) is 33.9. The molecule has 2 N–H and O–H groups in total. The van der Waals surface area contributed by atoms with Crippen LogP contribution in [0.5, 0.6) is 0 Å². The van der Waals surface area contributed by atoms with Gasteiger partial charge in [0.15, 0.2) is 6.29 Å². The maximum absolute atomic E-state index is 13.0. The summed E-state index contributed by atoms with van der Waals surface area (Å²) in [5.41, 5.74) is 12.6. The Hall–Kier alpha value is -5.47. The summed E-state index contributed by atoms with van der Waals surface area (Å²) in [6.45, 7) is 9.89. The largest absolute Gasteiger partial charge is 0.469 e. The van der Waals surface area contributed by atoms with Crippen molar-refractivity contribution in [1.29, 1.82) is 5.41 Å². The SMILES string of the molecule is CCC1=C(C)C2=C(C=O)C3=NC(=CC4=NC(=Cc5cc(C)c([nH]5)/C(=C/C=C=N)C1=N2)C(C)=C4CCC(=O)OC)C(CCC(=O)OC)=C3C. The number of nitrogens with zero attached hydrogens (tertiary/aromatic N) is 3. The number of aromatic amines is 1. The standard InChI is InChI=1S/C38H39N5O5/c1-8-25-22(4)37-29(19-44)36-23(5)27(12-14-34(46)48-7)32(42-36)18-31-26(11-13-33(45)47-6)21(3)30(41-31)17-24-16-20(2)35(40-24)28(10-9-15-39)38(25)43-37/h9-10,16-19,39-40H,8,11-14H2,1-7H3/b28-10-,30-17?,32-18?,37-29?. The Balaban J connectivity index is 1.85. The van der Waals surface area contributed by atoms with Gasteiger partial charge < -0.3 is 14.5 Å². The molecule has 10 nitrogen and oxygen atoms in total. The Morgan fingerprint density at radius 3 is 2.19 bits per heavy atom. The van der Waals surface area contributed by atoms with Crippen LogP contribution in [0.3, 0.4) is 0 Å². The van der Waals surface area contributed by atoms with E-state index in [-0.39, 0.29) is 24.8 Å². The molecule has 4 aliphatic heterocycles. The van der Waals surface area contributed by atoms with E-state index >= 15 is 0 Å². The highest BCUT2D eigenvalue weighted by Crippen LogP contribution is 2.40. The molecular weight excluding hydrogens is 606 g/mol. The number of allylic oxidation sites excluding steroid dienone is 11. The van der Waals surface area contributed by atoms with Crippen molar-refractivity contribution in [3.8, 4) is 0 Å². The van der Waals surface area contributed by atoms with E-state index < -0.39 is 0 Å². The number of fused-ring (bicyclic) bond motifs is 5. The number of H-pyrrole nitrogens is 1. The van der Waals surface area contributed by atoms with Crippen molar-refractivity contribution >= 4 is 52.9 Å². The second-order valence-corrected chi connectivity index (χ2v) is 11.8. The molecule has 8 bridgehead atoms. The van der Waals surface area contributed by atoms with Crippen molar-refractivity contribution in [2.24, 2.45) is 15.0 Å². The first-order valence-corrected chi connectivity index (χ1v) is 15.9. The number of aldehydes is 1. The molecule has 4 aliphatic rings. The van der Waals surface area contributed by atoms with Gasteiger partial charge in [0.2, 0.25) is 0 Å². The minimum absolute atomic E-state index is 0.127. The highest BCUT2D eigenvalue weighted by Gasteiger charge is 2.32. The molecule has 0 amide bonds. The fraction of sp³-hybridized carbons (Fsp3) is 0.316. The minimum Gasteiger partial charge on any atom is -0.469 e. The van der Waals surface area contributed by atoms with Gasteiger partial charge >= 0.3 is 11.9 Å². The first-order chi connectivity index (χ1) is 23.1. The number of ether oxygens (including phenoxy) is 2. The van der Waals surface area contributed by atoms with Crippen molar-refractivity contribution in [1.82, 2.24) is 4.98 Å². The number of carbonyl (C=O) groups is 3. The highest BCUT2D eigenvalue weighted by atomic mass is 16.5. The second-order valence-electron chi connectivity index (χ2n) is 11.8. The van der Waals surface area contributed by atoms with Gasteiger partial charge in [0.25, 0.3) is 0 Å². The number of rotatable bonds is 9. The van der Waals surface area contributed by atoms with Gasteiger partial charge in [-0.2, -0.15) is 0 Å². The molecule has 5 heterocycles. The van der Waals surface area contributed by atoms with Crippen molar-refractivity contribution in [3.63, 3.8) is 0 Å². The third-order valence-corrected chi connectivity index (χ3v) is 9.11. The Labute approximate surface area is 280 Å². The van der Waals surface area contributed by atoms with Gasteiger partial charge in [-0.3, -0.25) is 19.8 Å². The molecule has 5 rings (SSSR count). The van der Waals surface area contributed by atoms with Gasteiger partial charge in [0.1, 0.15) is 0 Å². The van der Waals surface area contributed by atoms with E-state index in [2.05, 4.69) is 10.9 Å². The predicted octanol–water partition coefficient (Wildman–Crippen LogP) is 6.83. The summed E-state index contributed by atoms with van der Waals surface area (Å²) < 4.78 is 9.87. The fourth-order valence-electron chi connectivity index (χ4n) is 6.52. The van der Waals surface area contributed by atoms with E-state index in [9.17, 15) is 14.4 Å². The molecule has 0 saturated heterocycles. The van der Waals surface area contributed by atoms with Crippen LogP contribution in [0.15, 0.2) is 95.4 Å². The zero-order valence-corrected chi connectivity index (χ0v) is 28.4. The molecule has 246 valence electrons. The topological polar surface area (TPSA) is 146 Å². The Bertz CT molecular complexity index is 2010. The van der Waals surface area contributed by atoms with Crippen LogP contribution in [0.1, 0.15) is 76.8 Å². The monoisotopic (exact) mass is 645 g/mol. The summed E-state index contributed by atoms with van der Waals surface area (Å²) in [7, 11) is 2.72. The molecule has 1 aromatic heterocycles. The van der Waals surface area contributed by atoms with Crippen molar-refractivity contribution < 1.29 is 23.9 Å². The van der Waals surface area contributed by atoms with Crippen LogP contribution in [0.25, 0.3) is 11.6 Å². The van der Waals surface area contributed by atoms with Gasteiger partial charge in [-0.15, -0.1) is 0 Å². The lowest BCUT2D eigenvalue weighted by Crippen LogP contribution is -2.08. The number of methoxy groups -OCH3 is 2. The molecule has 0 aliphatic carbocycles. The number of esters is 2. The van der Waals surface area contributed by atoms with Crippen LogP contribution < -0.4 is 0 Å². The number of hydrogen-bond donors (Lipinski definition) is 2. The van der Waals surface area contributed by atoms with Crippen molar-refractivity contribution in [2.45, 2.75) is 66.7 Å². The Morgan fingerprint density at radius 2 is 1.56 bits per heavy atom. The van der Waals surface area contributed by atoms with Gasteiger partial charge in [-0.05, 0) is 122 Å². The zero-order valence-electron chi connectivity index (χ0n) is 28.4. The smallest absolute Gasteiger partial charge is 0.305 e. The number of aromatic nitrogens is 1. The Morgan fingerprint density at radius 1 is 0.875 bits per heavy atom. The lowest BCUT2D eigenvalue weighted by molar-refractivity contribution is -0.141. The van der Waals surface area contributed by atoms with E-state index in [1.807, 2.05) is 58.9 Å². The number of nitrogens with one attached hydrogen (secondary N) is 2. The van der Waals surface area contributed by atoms with Gasteiger partial charge in [0, 0.05) is 24.1 Å². The summed E-state index contributed by atoms with van der Waals surface area (Å²) >= 11 is 0. The molecule has 10 heteroatoms. The van der Waals surface area contributed by atoms with E-state index in [0.29, 0.717) is 53.4 Å². The summed E-state index contributed by atoms with van der Waals surface area (Å²) in [5.74, 6) is 1.67. The molecule has 0 unspecified atom stereocenters. The molecule has 48 heavy (non-hydrogen) atoms. The number of carbonyl (C=O) groups excluding carboxylic acids is 3. The molecule has 0 atom stereocenters. The molecular formula is C38H39N5O5. The van der Waals surface area contributed by atoms with Gasteiger partial charge in [-0.1, -0.05) is 6.92 Å². The quantitative estimate of drug-likeness (QED) is 0.172. The second kappa shape index (κ2) is 14.1. The summed E-state index contributed by atoms with van der Waals surface area (Å²) in [6.07, 6.45) is 9.68. The number of aryl methyl sites for hydroxylation is 1. The van der Waals surface area contributed by atoms with Crippen LogP contribution in [-0.4, -0.2) is 60.4 Å². The van der Waals surface area contributed by atoms with Crippen LogP contribution in [0, 0.1) is 12.3 Å². The number of aliphatic imine (C=N–C) groups is 3. The van der Waals surface area contributed by atoms with Gasteiger partial charge in [0.05, 0.1) is 59.7 Å². The van der Waals surface area contributed by atoms with Crippen LogP contribution in [0.2, 0.25) is 0 Å². The third kappa shape index (κ3) is 6.27. The zero-order chi connectivity index (χ0) is 34.7. The average Bonchev–Trinajstić information content (AvgIpc) is 3.78. The maximum atomic E-state index is 13.0. The maximum Gasteiger partial charge on any atom is 0.305 e. The van der Waals surface area contributed by atoms with Gasteiger partial charge in [-0.25, -0.2) is 15.0 Å². The molecule has 0 fully saturated rings. The lowest BCUT2D eigenvalue weighted by atomic mass is 9.92. The molecule has 1 aromatic rings. The highest BCUT2D eigenvalue weighted by molar-refractivity contribution is 6.35. The minimum atomic E-state index is -0.358. The fourth-order valence-corrected chi connectivity index (χ4v) is 6.52. The summed E-state index contributed by atoms with van der Waals surface area (Å²) in [5, 5.41) is 7.59. The lowest BCUT2D eigenvalue weighted by Gasteiger charge is -2.10. The molecule has 0 spiro atoms. The van der Waals surface area contributed by atoms with Crippen LogP contribution in [0.4, 0.5) is 0 Å². The van der Waals surface area contributed by atoms with E-state index in [1.54, 1.807) is 0 Å². The number of hydrogen-bond acceptors (Lipinski definition) is 9. The van der Waals surface area contributed by atoms with Crippen LogP contribution >= 0.6 is 0 Å². The third-order valence-electron chi connectivity index (χ3n) is 9.11. The van der Waals surface area contributed by atoms with Crippen molar-refractivity contribution in [2.75, 3.05) is 14.2 Å². The van der Waals surface area contributed by atoms with Crippen molar-refractivity contribution in [3.05, 3.63) is 97.3 Å². The Kier molecular flexibility index (Phi) is 9.96.